The third-order valence-corrected chi connectivity index (χ3v) is 4.70. The van der Waals surface area contributed by atoms with Crippen LogP contribution in [0.15, 0.2) is 35.2 Å². The van der Waals surface area contributed by atoms with E-state index in [0.717, 1.165) is 0 Å². The van der Waals surface area contributed by atoms with Crippen molar-refractivity contribution in [1.82, 2.24) is 9.62 Å². The summed E-state index contributed by atoms with van der Waals surface area (Å²) in [6.07, 6.45) is 0. The summed E-state index contributed by atoms with van der Waals surface area (Å²) in [4.78, 5) is 12.0. The molecule has 1 aromatic rings. The molecule has 0 aliphatic carbocycles. The molecule has 6 heteroatoms. The predicted octanol–water partition coefficient (Wildman–Crippen LogP) is 1.47. The van der Waals surface area contributed by atoms with Crippen LogP contribution in [0.5, 0.6) is 0 Å². The molecule has 0 aliphatic heterocycles. The largest absolute Gasteiger partial charge is 0.355 e. The van der Waals surface area contributed by atoms with Crippen molar-refractivity contribution in [3.8, 4) is 0 Å². The SMILES string of the molecule is CCN(CC(=O)NCC(C)C)S(=O)(=O)c1ccccc1. The van der Waals surface area contributed by atoms with E-state index in [1.165, 1.54) is 16.4 Å². The number of nitrogens with one attached hydrogen (secondary N) is 1. The van der Waals surface area contributed by atoms with Crippen LogP contribution in [0.1, 0.15) is 20.8 Å². The number of likely N-dealkylation sites (N-methyl/N-ethyl adjacent to an activating group) is 1. The first kappa shape index (κ1) is 16.7. The van der Waals surface area contributed by atoms with Gasteiger partial charge in [0.25, 0.3) is 0 Å². The van der Waals surface area contributed by atoms with Crippen molar-refractivity contribution in [2.75, 3.05) is 19.6 Å². The smallest absolute Gasteiger partial charge is 0.243 e. The fraction of sp³-hybridized carbons (Fsp3) is 0.500. The fourth-order valence-corrected chi connectivity index (χ4v) is 3.07. The first-order chi connectivity index (χ1) is 9.37. The summed E-state index contributed by atoms with van der Waals surface area (Å²) in [5.74, 6) is 0.0554. The van der Waals surface area contributed by atoms with E-state index in [1.54, 1.807) is 25.1 Å². The molecule has 0 unspecified atom stereocenters. The molecule has 1 aromatic carbocycles. The summed E-state index contributed by atoms with van der Waals surface area (Å²) in [5, 5.41) is 2.73. The highest BCUT2D eigenvalue weighted by Crippen LogP contribution is 2.14. The molecule has 0 heterocycles. The van der Waals surface area contributed by atoms with Crippen molar-refractivity contribution in [2.45, 2.75) is 25.7 Å². The molecule has 0 bridgehead atoms. The van der Waals surface area contributed by atoms with Crippen molar-refractivity contribution in [3.63, 3.8) is 0 Å². The Morgan fingerprint density at radius 2 is 1.85 bits per heavy atom. The van der Waals surface area contributed by atoms with Crippen LogP contribution >= 0.6 is 0 Å². The van der Waals surface area contributed by atoms with Crippen LogP contribution in [-0.4, -0.2) is 38.3 Å². The maximum atomic E-state index is 12.4. The molecule has 0 saturated carbocycles. The third kappa shape index (κ3) is 4.61. The van der Waals surface area contributed by atoms with Crippen LogP contribution in [0, 0.1) is 5.92 Å². The van der Waals surface area contributed by atoms with E-state index >= 15 is 0 Å². The summed E-state index contributed by atoms with van der Waals surface area (Å²) in [6.45, 7) is 6.34. The molecular formula is C14H22N2O3S. The van der Waals surface area contributed by atoms with Gasteiger partial charge in [-0.1, -0.05) is 39.0 Å². The molecule has 1 amide bonds. The molecule has 0 aliphatic rings. The third-order valence-electron chi connectivity index (χ3n) is 2.76. The number of carbonyl (C=O) groups is 1. The molecule has 0 fully saturated rings. The second-order valence-corrected chi connectivity index (χ2v) is 6.88. The molecule has 1 rings (SSSR count). The van der Waals surface area contributed by atoms with Gasteiger partial charge in [-0.25, -0.2) is 8.42 Å². The highest BCUT2D eigenvalue weighted by molar-refractivity contribution is 7.89. The predicted molar refractivity (Wildman–Crippen MR) is 78.7 cm³/mol. The minimum absolute atomic E-state index is 0.152. The Morgan fingerprint density at radius 3 is 2.35 bits per heavy atom. The van der Waals surface area contributed by atoms with Gasteiger partial charge in [0.1, 0.15) is 0 Å². The number of hydrogen-bond acceptors (Lipinski definition) is 3. The fourth-order valence-electron chi connectivity index (χ4n) is 1.64. The zero-order chi connectivity index (χ0) is 15.2. The Balaban J connectivity index is 2.78. The number of sulfonamides is 1. The van der Waals surface area contributed by atoms with Crippen LogP contribution in [0.2, 0.25) is 0 Å². The lowest BCUT2D eigenvalue weighted by atomic mass is 10.2. The van der Waals surface area contributed by atoms with E-state index in [2.05, 4.69) is 5.32 Å². The zero-order valence-electron chi connectivity index (χ0n) is 12.2. The highest BCUT2D eigenvalue weighted by atomic mass is 32.2. The molecular weight excluding hydrogens is 276 g/mol. The standard InChI is InChI=1S/C14H22N2O3S/c1-4-16(11-14(17)15-10-12(2)3)20(18,19)13-8-6-5-7-9-13/h5-9,12H,4,10-11H2,1-3H3,(H,15,17). The van der Waals surface area contributed by atoms with Crippen molar-refractivity contribution in [2.24, 2.45) is 5.92 Å². The second kappa shape index (κ2) is 7.40. The van der Waals surface area contributed by atoms with Gasteiger partial charge < -0.3 is 5.32 Å². The lowest BCUT2D eigenvalue weighted by molar-refractivity contribution is -0.121. The minimum atomic E-state index is -3.61. The molecule has 0 saturated heterocycles. The van der Waals surface area contributed by atoms with Crippen molar-refractivity contribution >= 4 is 15.9 Å². The Bertz CT molecular complexity index is 527. The minimum Gasteiger partial charge on any atom is -0.355 e. The second-order valence-electron chi connectivity index (χ2n) is 4.94. The quantitative estimate of drug-likeness (QED) is 0.829. The highest BCUT2D eigenvalue weighted by Gasteiger charge is 2.24. The van der Waals surface area contributed by atoms with Crippen LogP contribution in [0.3, 0.4) is 0 Å². The Labute approximate surface area is 121 Å². The maximum absolute atomic E-state index is 12.4. The first-order valence-electron chi connectivity index (χ1n) is 6.69. The van der Waals surface area contributed by atoms with Crippen LogP contribution in [0.25, 0.3) is 0 Å². The normalized spacial score (nSPS) is 11.8. The Kier molecular flexibility index (Phi) is 6.16. The number of carbonyl (C=O) groups excluding carboxylic acids is 1. The molecule has 20 heavy (non-hydrogen) atoms. The number of hydrogen-bond donors (Lipinski definition) is 1. The molecule has 5 nitrogen and oxygen atoms in total. The van der Waals surface area contributed by atoms with Gasteiger partial charge in [-0.2, -0.15) is 4.31 Å². The van der Waals surface area contributed by atoms with Crippen LogP contribution in [0.4, 0.5) is 0 Å². The summed E-state index contributed by atoms with van der Waals surface area (Å²) in [6, 6.07) is 8.15. The Morgan fingerprint density at radius 1 is 1.25 bits per heavy atom. The van der Waals surface area contributed by atoms with Crippen molar-refractivity contribution in [3.05, 3.63) is 30.3 Å². The molecule has 0 spiro atoms. The average molecular weight is 298 g/mol. The van der Waals surface area contributed by atoms with Gasteiger partial charge in [-0.15, -0.1) is 0 Å². The van der Waals surface area contributed by atoms with Gasteiger partial charge in [0.15, 0.2) is 0 Å². The van der Waals surface area contributed by atoms with E-state index in [0.29, 0.717) is 12.5 Å². The first-order valence-corrected chi connectivity index (χ1v) is 8.13. The Hall–Kier alpha value is -1.40. The average Bonchev–Trinajstić information content (AvgIpc) is 2.43. The monoisotopic (exact) mass is 298 g/mol. The molecule has 1 N–H and O–H groups in total. The van der Waals surface area contributed by atoms with Crippen molar-refractivity contribution in [1.29, 1.82) is 0 Å². The van der Waals surface area contributed by atoms with E-state index in [9.17, 15) is 13.2 Å². The zero-order valence-corrected chi connectivity index (χ0v) is 13.0. The lowest BCUT2D eigenvalue weighted by Crippen LogP contribution is -2.41. The lowest BCUT2D eigenvalue weighted by Gasteiger charge is -2.20. The topological polar surface area (TPSA) is 66.5 Å². The summed E-state index contributed by atoms with van der Waals surface area (Å²) in [5.41, 5.74) is 0. The van der Waals surface area contributed by atoms with Gasteiger partial charge in [-0.3, -0.25) is 4.79 Å². The van der Waals surface area contributed by atoms with E-state index in [4.69, 9.17) is 0 Å². The number of benzene rings is 1. The van der Waals surface area contributed by atoms with Crippen molar-refractivity contribution < 1.29 is 13.2 Å². The van der Waals surface area contributed by atoms with E-state index in [-0.39, 0.29) is 23.9 Å². The van der Waals surface area contributed by atoms with Gasteiger partial charge in [0, 0.05) is 13.1 Å². The number of amides is 1. The van der Waals surface area contributed by atoms with E-state index in [1.807, 2.05) is 13.8 Å². The van der Waals surface area contributed by atoms with E-state index < -0.39 is 10.0 Å². The summed E-state index contributed by atoms with van der Waals surface area (Å²) < 4.78 is 25.9. The molecule has 112 valence electrons. The maximum Gasteiger partial charge on any atom is 0.243 e. The van der Waals surface area contributed by atoms with Gasteiger partial charge >= 0.3 is 0 Å². The summed E-state index contributed by atoms with van der Waals surface area (Å²) in [7, 11) is -3.61. The van der Waals surface area contributed by atoms with Gasteiger partial charge in [0.05, 0.1) is 11.4 Å². The van der Waals surface area contributed by atoms with Crippen LogP contribution in [-0.2, 0) is 14.8 Å². The number of rotatable bonds is 7. The molecule has 0 aromatic heterocycles. The van der Waals surface area contributed by atoms with Crippen LogP contribution < -0.4 is 5.32 Å². The molecule has 0 radical (unpaired) electrons. The number of nitrogens with zero attached hydrogens (tertiary/aromatic N) is 1. The summed E-state index contributed by atoms with van der Waals surface area (Å²) >= 11 is 0. The molecule has 0 atom stereocenters. The van der Waals surface area contributed by atoms with Gasteiger partial charge in [-0.05, 0) is 18.1 Å². The van der Waals surface area contributed by atoms with Gasteiger partial charge in [0.2, 0.25) is 15.9 Å².